The van der Waals surface area contributed by atoms with Gasteiger partial charge in [-0.05, 0) is 6.07 Å². The topological polar surface area (TPSA) is 124 Å². The SMILES string of the molecule is N=C(NC(=O)c1c[nH]c2ccccc12)N[N+](=O)[O-]. The van der Waals surface area contributed by atoms with Crippen LogP contribution in [-0.2, 0) is 0 Å². The highest BCUT2D eigenvalue weighted by molar-refractivity contribution is 6.12. The Bertz CT molecular complexity index is 633. The first-order valence-corrected chi connectivity index (χ1v) is 4.95. The average molecular weight is 247 g/mol. The molecule has 0 atom stereocenters. The number of nitrogens with one attached hydrogen (secondary N) is 4. The van der Waals surface area contributed by atoms with Crippen molar-refractivity contribution in [3.63, 3.8) is 0 Å². The van der Waals surface area contributed by atoms with Gasteiger partial charge in [-0.1, -0.05) is 23.6 Å². The second kappa shape index (κ2) is 4.53. The van der Waals surface area contributed by atoms with E-state index in [0.717, 1.165) is 5.52 Å². The van der Waals surface area contributed by atoms with Gasteiger partial charge in [-0.15, -0.1) is 0 Å². The molecule has 0 aliphatic heterocycles. The molecule has 0 unspecified atom stereocenters. The minimum Gasteiger partial charge on any atom is -0.360 e. The van der Waals surface area contributed by atoms with E-state index < -0.39 is 16.9 Å². The lowest BCUT2D eigenvalue weighted by Crippen LogP contribution is -2.42. The molecule has 18 heavy (non-hydrogen) atoms. The van der Waals surface area contributed by atoms with Gasteiger partial charge in [0.1, 0.15) is 0 Å². The van der Waals surface area contributed by atoms with Crippen LogP contribution < -0.4 is 10.7 Å². The summed E-state index contributed by atoms with van der Waals surface area (Å²) in [6.07, 6.45) is 1.49. The van der Waals surface area contributed by atoms with Gasteiger partial charge in [0.05, 0.1) is 5.56 Å². The highest BCUT2D eigenvalue weighted by atomic mass is 16.7. The van der Waals surface area contributed by atoms with Crippen molar-refractivity contribution in [3.05, 3.63) is 46.1 Å². The second-order valence-corrected chi connectivity index (χ2v) is 3.45. The molecule has 1 amide bonds. The molecule has 0 aliphatic rings. The number of fused-ring (bicyclic) bond motifs is 1. The molecular weight excluding hydrogens is 238 g/mol. The zero-order valence-corrected chi connectivity index (χ0v) is 9.06. The maximum atomic E-state index is 11.8. The van der Waals surface area contributed by atoms with Gasteiger partial charge in [0, 0.05) is 17.1 Å². The zero-order chi connectivity index (χ0) is 13.1. The number of rotatable bonds is 2. The van der Waals surface area contributed by atoms with E-state index in [4.69, 9.17) is 5.41 Å². The van der Waals surface area contributed by atoms with Crippen LogP contribution in [0.1, 0.15) is 10.4 Å². The Morgan fingerprint density at radius 2 is 2.11 bits per heavy atom. The summed E-state index contributed by atoms with van der Waals surface area (Å²) >= 11 is 0. The maximum Gasteiger partial charge on any atom is 0.260 e. The van der Waals surface area contributed by atoms with Crippen LogP contribution in [-0.4, -0.2) is 21.9 Å². The molecule has 1 aromatic heterocycles. The standard InChI is InChI=1S/C10H9N5O3/c11-10(14-15(17)18)13-9(16)7-5-12-8-4-2-1-3-6(7)8/h1-5,12H,(H3,11,13,14,16). The third-order valence-electron chi connectivity index (χ3n) is 2.28. The Balaban J connectivity index is 2.19. The summed E-state index contributed by atoms with van der Waals surface area (Å²) in [5.74, 6) is -1.28. The molecule has 8 heteroatoms. The summed E-state index contributed by atoms with van der Waals surface area (Å²) in [5, 5.41) is 19.1. The number of nitrogens with zero attached hydrogens (tertiary/aromatic N) is 1. The predicted octanol–water partition coefficient (Wildman–Crippen LogP) is 0.614. The molecule has 0 radical (unpaired) electrons. The van der Waals surface area contributed by atoms with E-state index >= 15 is 0 Å². The predicted molar refractivity (Wildman–Crippen MR) is 63.6 cm³/mol. The van der Waals surface area contributed by atoms with Crippen LogP contribution in [0, 0.1) is 15.5 Å². The van der Waals surface area contributed by atoms with Crippen LogP contribution in [0.25, 0.3) is 10.9 Å². The van der Waals surface area contributed by atoms with Gasteiger partial charge >= 0.3 is 0 Å². The van der Waals surface area contributed by atoms with Crippen molar-refractivity contribution in [1.29, 1.82) is 5.41 Å². The van der Waals surface area contributed by atoms with E-state index in [2.05, 4.69) is 10.3 Å². The second-order valence-electron chi connectivity index (χ2n) is 3.45. The lowest BCUT2D eigenvalue weighted by atomic mass is 10.1. The average Bonchev–Trinajstić information content (AvgIpc) is 2.71. The fourth-order valence-electron chi connectivity index (χ4n) is 1.56. The Morgan fingerprint density at radius 1 is 1.39 bits per heavy atom. The lowest BCUT2D eigenvalue weighted by Gasteiger charge is -2.02. The summed E-state index contributed by atoms with van der Waals surface area (Å²) in [4.78, 5) is 24.8. The number of para-hydroxylation sites is 1. The number of aromatic nitrogens is 1. The van der Waals surface area contributed by atoms with Crippen LogP contribution >= 0.6 is 0 Å². The fraction of sp³-hybridized carbons (Fsp3) is 0. The normalized spacial score (nSPS) is 10.0. The van der Waals surface area contributed by atoms with E-state index in [1.165, 1.54) is 6.20 Å². The molecule has 0 saturated heterocycles. The third-order valence-corrected chi connectivity index (χ3v) is 2.28. The van der Waals surface area contributed by atoms with Crippen molar-refractivity contribution in [2.24, 2.45) is 0 Å². The molecular formula is C10H9N5O3. The molecule has 8 nitrogen and oxygen atoms in total. The minimum atomic E-state index is -0.919. The smallest absolute Gasteiger partial charge is 0.260 e. The number of guanidine groups is 1. The number of aromatic amines is 1. The highest BCUT2D eigenvalue weighted by Crippen LogP contribution is 2.17. The van der Waals surface area contributed by atoms with E-state index in [9.17, 15) is 14.9 Å². The number of amides is 1. The lowest BCUT2D eigenvalue weighted by molar-refractivity contribution is -0.525. The van der Waals surface area contributed by atoms with Crippen molar-refractivity contribution >= 4 is 22.8 Å². The number of benzene rings is 1. The molecule has 0 bridgehead atoms. The minimum absolute atomic E-state index is 0.320. The van der Waals surface area contributed by atoms with Crippen LogP contribution in [0.4, 0.5) is 0 Å². The van der Waals surface area contributed by atoms with E-state index in [1.807, 2.05) is 6.07 Å². The monoisotopic (exact) mass is 247 g/mol. The molecule has 0 aliphatic carbocycles. The van der Waals surface area contributed by atoms with Gasteiger partial charge in [0.25, 0.3) is 11.9 Å². The van der Waals surface area contributed by atoms with Crippen molar-refractivity contribution in [3.8, 4) is 0 Å². The summed E-state index contributed by atoms with van der Waals surface area (Å²) in [5.41, 5.74) is 2.64. The van der Waals surface area contributed by atoms with Crippen molar-refractivity contribution in [2.75, 3.05) is 0 Å². The Hall–Kier alpha value is -2.90. The maximum absolute atomic E-state index is 11.8. The van der Waals surface area contributed by atoms with Gasteiger partial charge in [-0.25, -0.2) is 10.1 Å². The van der Waals surface area contributed by atoms with Crippen molar-refractivity contribution in [2.45, 2.75) is 0 Å². The molecule has 2 aromatic rings. The van der Waals surface area contributed by atoms with Crippen LogP contribution in [0.5, 0.6) is 0 Å². The number of nitro groups is 1. The number of hydrogen-bond acceptors (Lipinski definition) is 4. The van der Waals surface area contributed by atoms with Crippen LogP contribution in [0.3, 0.4) is 0 Å². The number of hydrogen-bond donors (Lipinski definition) is 4. The Kier molecular flexibility index (Phi) is 2.92. The first-order chi connectivity index (χ1) is 8.58. The first kappa shape index (κ1) is 11.6. The zero-order valence-electron chi connectivity index (χ0n) is 9.06. The van der Waals surface area contributed by atoms with E-state index in [1.54, 1.807) is 23.6 Å². The molecule has 0 saturated carbocycles. The van der Waals surface area contributed by atoms with Gasteiger partial charge in [-0.3, -0.25) is 15.5 Å². The summed E-state index contributed by atoms with van der Waals surface area (Å²) in [7, 11) is 0. The Morgan fingerprint density at radius 3 is 2.83 bits per heavy atom. The van der Waals surface area contributed by atoms with Gasteiger partial charge in [0.15, 0.2) is 5.03 Å². The third kappa shape index (κ3) is 2.26. The summed E-state index contributed by atoms with van der Waals surface area (Å²) in [6, 6.07) is 7.13. The van der Waals surface area contributed by atoms with Gasteiger partial charge in [0.2, 0.25) is 0 Å². The molecule has 2 rings (SSSR count). The Labute approximate surface area is 101 Å². The van der Waals surface area contributed by atoms with Gasteiger partial charge in [-0.2, -0.15) is 0 Å². The fourth-order valence-corrected chi connectivity index (χ4v) is 1.56. The van der Waals surface area contributed by atoms with Crippen LogP contribution in [0.15, 0.2) is 30.5 Å². The molecule has 92 valence electrons. The molecule has 4 N–H and O–H groups in total. The quantitative estimate of drug-likeness (QED) is 0.268. The highest BCUT2D eigenvalue weighted by Gasteiger charge is 2.14. The largest absolute Gasteiger partial charge is 0.360 e. The van der Waals surface area contributed by atoms with Crippen LogP contribution in [0.2, 0.25) is 0 Å². The molecule has 0 spiro atoms. The van der Waals surface area contributed by atoms with E-state index in [0.29, 0.717) is 10.9 Å². The first-order valence-electron chi connectivity index (χ1n) is 4.95. The number of hydrazine groups is 1. The van der Waals surface area contributed by atoms with Crippen molar-refractivity contribution < 1.29 is 9.83 Å². The number of carbonyl (C=O) groups is 1. The number of carbonyl (C=O) groups excluding carboxylic acids is 1. The summed E-state index contributed by atoms with van der Waals surface area (Å²) < 4.78 is 0. The molecule has 1 heterocycles. The number of H-pyrrole nitrogens is 1. The van der Waals surface area contributed by atoms with Crippen molar-refractivity contribution in [1.82, 2.24) is 15.7 Å². The summed E-state index contributed by atoms with van der Waals surface area (Å²) in [6.45, 7) is 0. The van der Waals surface area contributed by atoms with E-state index in [-0.39, 0.29) is 0 Å². The van der Waals surface area contributed by atoms with Gasteiger partial charge < -0.3 is 4.98 Å². The molecule has 1 aromatic carbocycles. The molecule has 0 fully saturated rings.